The Bertz CT molecular complexity index is 959. The third kappa shape index (κ3) is 4.73. The van der Waals surface area contributed by atoms with E-state index in [2.05, 4.69) is 16.0 Å². The number of nitrogens with one attached hydrogen (secondary N) is 3. The molecule has 3 rings (SSSR count). The molecule has 0 heterocycles. The summed E-state index contributed by atoms with van der Waals surface area (Å²) in [6.07, 6.45) is 0. The van der Waals surface area contributed by atoms with E-state index in [1.165, 1.54) is 24.3 Å². The van der Waals surface area contributed by atoms with Gasteiger partial charge in [-0.15, -0.1) is 0 Å². The minimum atomic E-state index is -0.703. The number of hydrogen-bond acceptors (Lipinski definition) is 3. The van der Waals surface area contributed by atoms with Crippen molar-refractivity contribution in [1.29, 1.82) is 0 Å². The Morgan fingerprint density at radius 2 is 1.57 bits per heavy atom. The van der Waals surface area contributed by atoms with Crippen LogP contribution < -0.4 is 16.0 Å². The van der Waals surface area contributed by atoms with Crippen molar-refractivity contribution in [3.8, 4) is 0 Å². The molecule has 1 atom stereocenters. The van der Waals surface area contributed by atoms with Crippen molar-refractivity contribution in [3.05, 3.63) is 95.8 Å². The summed E-state index contributed by atoms with van der Waals surface area (Å²) < 4.78 is 13.1. The molecule has 0 unspecified atom stereocenters. The minimum Gasteiger partial charge on any atom is -0.370 e. The monoisotopic (exact) mass is 377 g/mol. The van der Waals surface area contributed by atoms with E-state index >= 15 is 0 Å². The zero-order chi connectivity index (χ0) is 19.9. The average molecular weight is 377 g/mol. The van der Waals surface area contributed by atoms with Crippen LogP contribution in [0, 0.1) is 5.82 Å². The molecule has 142 valence electrons. The topological polar surface area (TPSA) is 70.2 Å². The summed E-state index contributed by atoms with van der Waals surface area (Å²) in [5.41, 5.74) is 2.36. The maximum absolute atomic E-state index is 13.1. The molecule has 28 heavy (non-hydrogen) atoms. The van der Waals surface area contributed by atoms with Crippen molar-refractivity contribution < 1.29 is 14.0 Å². The van der Waals surface area contributed by atoms with Crippen LogP contribution in [0.1, 0.15) is 22.0 Å². The molecule has 0 saturated carbocycles. The molecule has 0 aliphatic heterocycles. The molecule has 0 bridgehead atoms. The van der Waals surface area contributed by atoms with Crippen LogP contribution in [0.3, 0.4) is 0 Å². The van der Waals surface area contributed by atoms with Gasteiger partial charge in [-0.25, -0.2) is 4.39 Å². The van der Waals surface area contributed by atoms with Gasteiger partial charge in [0.25, 0.3) is 11.8 Å². The first kappa shape index (κ1) is 19.1. The van der Waals surface area contributed by atoms with Crippen molar-refractivity contribution in [2.45, 2.75) is 6.04 Å². The van der Waals surface area contributed by atoms with E-state index in [1.807, 2.05) is 30.3 Å². The molecule has 0 fully saturated rings. The van der Waals surface area contributed by atoms with Crippen molar-refractivity contribution in [2.75, 3.05) is 17.7 Å². The van der Waals surface area contributed by atoms with Crippen LogP contribution in [-0.2, 0) is 4.79 Å². The molecular weight excluding hydrogens is 357 g/mol. The predicted octanol–water partition coefficient (Wildman–Crippen LogP) is 3.98. The molecule has 3 aromatic carbocycles. The highest BCUT2D eigenvalue weighted by atomic mass is 19.1. The molecule has 0 spiro atoms. The molecule has 0 aliphatic rings. The van der Waals surface area contributed by atoms with E-state index in [0.29, 0.717) is 16.9 Å². The van der Waals surface area contributed by atoms with Crippen LogP contribution in [0.5, 0.6) is 0 Å². The van der Waals surface area contributed by atoms with Gasteiger partial charge in [-0.05, 0) is 48.0 Å². The first-order chi connectivity index (χ1) is 13.6. The summed E-state index contributed by atoms with van der Waals surface area (Å²) >= 11 is 0. The van der Waals surface area contributed by atoms with Gasteiger partial charge in [0.2, 0.25) is 0 Å². The Balaban J connectivity index is 1.86. The Morgan fingerprint density at radius 3 is 2.25 bits per heavy atom. The number of benzene rings is 3. The molecular formula is C22H20FN3O2. The van der Waals surface area contributed by atoms with Crippen LogP contribution in [0.15, 0.2) is 78.9 Å². The molecule has 2 amide bonds. The summed E-state index contributed by atoms with van der Waals surface area (Å²) in [5.74, 6) is -0.888. The lowest BCUT2D eigenvalue weighted by Gasteiger charge is -2.20. The van der Waals surface area contributed by atoms with Crippen LogP contribution >= 0.6 is 0 Å². The smallest absolute Gasteiger partial charge is 0.251 e. The van der Waals surface area contributed by atoms with Gasteiger partial charge in [0, 0.05) is 24.0 Å². The van der Waals surface area contributed by atoms with Crippen molar-refractivity contribution in [2.24, 2.45) is 0 Å². The number of amides is 2. The summed E-state index contributed by atoms with van der Waals surface area (Å²) in [4.78, 5) is 24.8. The van der Waals surface area contributed by atoms with E-state index < -0.39 is 6.04 Å². The van der Waals surface area contributed by atoms with Crippen molar-refractivity contribution in [1.82, 2.24) is 5.32 Å². The molecule has 3 N–H and O–H groups in total. The van der Waals surface area contributed by atoms with E-state index in [4.69, 9.17) is 0 Å². The van der Waals surface area contributed by atoms with E-state index in [0.717, 1.165) is 5.56 Å². The number of carbonyl (C=O) groups is 2. The van der Waals surface area contributed by atoms with Gasteiger partial charge in [0.1, 0.15) is 11.9 Å². The van der Waals surface area contributed by atoms with Crippen LogP contribution in [0.2, 0.25) is 0 Å². The quantitative estimate of drug-likeness (QED) is 0.609. The highest BCUT2D eigenvalue weighted by Gasteiger charge is 2.21. The highest BCUT2D eigenvalue weighted by molar-refractivity contribution is 5.98. The standard InChI is InChI=1S/C22H20FN3O2/c1-24-21(27)16-8-5-9-19(14-16)25-20(15-6-3-2-4-7-15)22(28)26-18-12-10-17(23)11-13-18/h2-14,20,25H,1H3,(H,24,27)(H,26,28)/t20-/m0/s1. The zero-order valence-electron chi connectivity index (χ0n) is 15.3. The van der Waals surface area contributed by atoms with Gasteiger partial charge in [-0.3, -0.25) is 9.59 Å². The average Bonchev–Trinajstić information content (AvgIpc) is 2.74. The third-order valence-corrected chi connectivity index (χ3v) is 4.17. The number of halogens is 1. The summed E-state index contributed by atoms with van der Waals surface area (Å²) in [6, 6.07) is 21.0. The van der Waals surface area contributed by atoms with Gasteiger partial charge in [-0.2, -0.15) is 0 Å². The number of carbonyl (C=O) groups excluding carboxylic acids is 2. The summed E-state index contributed by atoms with van der Waals surface area (Å²) in [5, 5.41) is 8.55. The second kappa shape index (κ2) is 8.81. The second-order valence-electron chi connectivity index (χ2n) is 6.14. The normalized spacial score (nSPS) is 11.4. The fourth-order valence-corrected chi connectivity index (χ4v) is 2.75. The fourth-order valence-electron chi connectivity index (χ4n) is 2.75. The Morgan fingerprint density at radius 1 is 0.857 bits per heavy atom. The van der Waals surface area contributed by atoms with E-state index in [1.54, 1.807) is 31.3 Å². The summed E-state index contributed by atoms with van der Waals surface area (Å²) in [7, 11) is 1.56. The molecule has 0 aromatic heterocycles. The Labute approximate surface area is 162 Å². The van der Waals surface area contributed by atoms with Gasteiger partial charge in [-0.1, -0.05) is 36.4 Å². The van der Waals surface area contributed by atoms with E-state index in [-0.39, 0.29) is 17.6 Å². The lowest BCUT2D eigenvalue weighted by Crippen LogP contribution is -2.27. The number of anilines is 2. The summed E-state index contributed by atoms with van der Waals surface area (Å²) in [6.45, 7) is 0. The first-order valence-electron chi connectivity index (χ1n) is 8.77. The Hall–Kier alpha value is -3.67. The fraction of sp³-hybridized carbons (Fsp3) is 0.0909. The van der Waals surface area contributed by atoms with Crippen LogP contribution in [0.4, 0.5) is 15.8 Å². The maximum atomic E-state index is 13.1. The lowest BCUT2D eigenvalue weighted by atomic mass is 10.0. The van der Waals surface area contributed by atoms with Gasteiger partial charge in [0.05, 0.1) is 0 Å². The van der Waals surface area contributed by atoms with E-state index in [9.17, 15) is 14.0 Å². The highest BCUT2D eigenvalue weighted by Crippen LogP contribution is 2.22. The molecule has 0 saturated heterocycles. The molecule has 6 heteroatoms. The van der Waals surface area contributed by atoms with Crippen molar-refractivity contribution >= 4 is 23.2 Å². The van der Waals surface area contributed by atoms with Crippen LogP contribution in [-0.4, -0.2) is 18.9 Å². The molecule has 5 nitrogen and oxygen atoms in total. The largest absolute Gasteiger partial charge is 0.370 e. The minimum absolute atomic E-state index is 0.212. The lowest BCUT2D eigenvalue weighted by molar-refractivity contribution is -0.117. The number of rotatable bonds is 6. The zero-order valence-corrected chi connectivity index (χ0v) is 15.3. The molecule has 0 radical (unpaired) electrons. The van der Waals surface area contributed by atoms with Gasteiger partial charge < -0.3 is 16.0 Å². The van der Waals surface area contributed by atoms with Gasteiger partial charge >= 0.3 is 0 Å². The second-order valence-corrected chi connectivity index (χ2v) is 6.14. The first-order valence-corrected chi connectivity index (χ1v) is 8.77. The maximum Gasteiger partial charge on any atom is 0.251 e. The SMILES string of the molecule is CNC(=O)c1cccc(N[C@H](C(=O)Nc2ccc(F)cc2)c2ccccc2)c1. The Kier molecular flexibility index (Phi) is 6.01. The number of hydrogen-bond donors (Lipinski definition) is 3. The van der Waals surface area contributed by atoms with Crippen molar-refractivity contribution in [3.63, 3.8) is 0 Å². The molecule has 3 aromatic rings. The van der Waals surface area contributed by atoms with Gasteiger partial charge in [0.15, 0.2) is 0 Å². The third-order valence-electron chi connectivity index (χ3n) is 4.17. The van der Waals surface area contributed by atoms with Crippen LogP contribution in [0.25, 0.3) is 0 Å². The molecule has 0 aliphatic carbocycles. The predicted molar refractivity (Wildman–Crippen MR) is 108 cm³/mol.